The summed E-state index contributed by atoms with van der Waals surface area (Å²) in [6.07, 6.45) is 1.06. The van der Waals surface area contributed by atoms with Crippen LogP contribution in [-0.4, -0.2) is 19.9 Å². The smallest absolute Gasteiger partial charge is 0.366 e. The zero-order valence-electron chi connectivity index (χ0n) is 15.4. The molecule has 0 bridgehead atoms. The molecule has 0 saturated heterocycles. The Morgan fingerprint density at radius 1 is 0.967 bits per heavy atom. The van der Waals surface area contributed by atoms with Crippen LogP contribution in [0, 0.1) is 0 Å². The summed E-state index contributed by atoms with van der Waals surface area (Å²) in [5.74, 6) is 0.619. The zero-order valence-corrected chi connectivity index (χ0v) is 16.9. The first-order valence-electron chi connectivity index (χ1n) is 8.72. The summed E-state index contributed by atoms with van der Waals surface area (Å²) in [4.78, 5) is 15.3. The average molecular weight is 454 g/mol. The number of aromatic nitrogens is 4. The lowest BCUT2D eigenvalue weighted by Crippen LogP contribution is -2.08. The minimum Gasteiger partial charge on any atom is -0.366 e. The van der Waals surface area contributed by atoms with Gasteiger partial charge in [-0.1, -0.05) is 23.7 Å². The predicted molar refractivity (Wildman–Crippen MR) is 112 cm³/mol. The van der Waals surface area contributed by atoms with Gasteiger partial charge in [-0.05, 0) is 35.4 Å². The Balaban J connectivity index is 0.00000256. The lowest BCUT2D eigenvalue weighted by atomic mass is 10.1. The quantitative estimate of drug-likeness (QED) is 0.383. The van der Waals surface area contributed by atoms with Gasteiger partial charge in [-0.15, -0.1) is 12.4 Å². The molecule has 0 amide bonds. The summed E-state index contributed by atoms with van der Waals surface area (Å²) in [6, 6.07) is 9.74. The summed E-state index contributed by atoms with van der Waals surface area (Å²) in [5, 5.41) is 3.51. The van der Waals surface area contributed by atoms with Crippen LogP contribution in [-0.2, 0) is 19.1 Å². The van der Waals surface area contributed by atoms with Gasteiger partial charge in [-0.3, -0.25) is 4.98 Å². The van der Waals surface area contributed by atoms with Crippen molar-refractivity contribution in [3.63, 3.8) is 0 Å². The van der Waals surface area contributed by atoms with Crippen molar-refractivity contribution < 1.29 is 13.2 Å². The first kappa shape index (κ1) is 21.9. The van der Waals surface area contributed by atoms with Crippen molar-refractivity contribution in [2.24, 2.45) is 0 Å². The van der Waals surface area contributed by atoms with E-state index in [0.717, 1.165) is 28.2 Å². The third kappa shape index (κ3) is 5.01. The van der Waals surface area contributed by atoms with Crippen LogP contribution in [0.2, 0.25) is 5.15 Å². The molecule has 0 atom stereocenters. The van der Waals surface area contributed by atoms with Crippen molar-refractivity contribution in [3.8, 4) is 0 Å². The number of halogens is 5. The van der Waals surface area contributed by atoms with E-state index in [-0.39, 0.29) is 12.4 Å². The van der Waals surface area contributed by atoms with Gasteiger partial charge in [0.15, 0.2) is 0 Å². The molecule has 0 aliphatic rings. The largest absolute Gasteiger partial charge is 0.433 e. The van der Waals surface area contributed by atoms with Gasteiger partial charge in [0.25, 0.3) is 0 Å². The zero-order chi connectivity index (χ0) is 20.4. The SMILES string of the molecule is Cl.FC(F)(F)c1ccc(CNc2ccc(Cc3c[nH]c4ccc(Cl)nc34)cn2)cn1. The molecule has 0 spiro atoms. The molecule has 0 saturated carbocycles. The summed E-state index contributed by atoms with van der Waals surface area (Å²) < 4.78 is 37.6. The third-order valence-electron chi connectivity index (χ3n) is 4.38. The van der Waals surface area contributed by atoms with Gasteiger partial charge in [0.1, 0.15) is 16.7 Å². The van der Waals surface area contributed by atoms with Crippen molar-refractivity contribution in [2.75, 3.05) is 5.32 Å². The van der Waals surface area contributed by atoms with Gasteiger partial charge in [0, 0.05) is 37.1 Å². The van der Waals surface area contributed by atoms with Gasteiger partial charge >= 0.3 is 6.18 Å². The topological polar surface area (TPSA) is 66.5 Å². The number of aromatic amines is 1. The second kappa shape index (κ2) is 8.89. The number of hydrogen-bond donors (Lipinski definition) is 2. The fourth-order valence-electron chi connectivity index (χ4n) is 2.91. The molecule has 4 heterocycles. The fourth-order valence-corrected chi connectivity index (χ4v) is 3.05. The van der Waals surface area contributed by atoms with Gasteiger partial charge in [-0.2, -0.15) is 13.2 Å². The molecule has 5 nitrogen and oxygen atoms in total. The molecule has 0 aromatic carbocycles. The molecule has 156 valence electrons. The second-order valence-electron chi connectivity index (χ2n) is 6.48. The van der Waals surface area contributed by atoms with Gasteiger partial charge in [0.2, 0.25) is 0 Å². The Kier molecular flexibility index (Phi) is 6.48. The lowest BCUT2D eigenvalue weighted by molar-refractivity contribution is -0.141. The molecule has 10 heteroatoms. The van der Waals surface area contributed by atoms with E-state index in [4.69, 9.17) is 11.6 Å². The molecule has 0 unspecified atom stereocenters. The highest BCUT2D eigenvalue weighted by molar-refractivity contribution is 6.29. The molecular weight excluding hydrogens is 438 g/mol. The van der Waals surface area contributed by atoms with Gasteiger partial charge in [0.05, 0.1) is 11.0 Å². The number of fused-ring (bicyclic) bond motifs is 1. The predicted octanol–water partition coefficient (Wildman–Crippen LogP) is 5.65. The maximum atomic E-state index is 12.5. The minimum absolute atomic E-state index is 0. The highest BCUT2D eigenvalue weighted by atomic mass is 35.5. The first-order valence-corrected chi connectivity index (χ1v) is 9.10. The minimum atomic E-state index is -4.44. The van der Waals surface area contributed by atoms with Crippen LogP contribution in [0.3, 0.4) is 0 Å². The van der Waals surface area contributed by atoms with E-state index >= 15 is 0 Å². The van der Waals surface area contributed by atoms with Crippen LogP contribution in [0.4, 0.5) is 19.0 Å². The average Bonchev–Trinajstić information content (AvgIpc) is 3.09. The van der Waals surface area contributed by atoms with Crippen molar-refractivity contribution in [1.29, 1.82) is 0 Å². The first-order chi connectivity index (χ1) is 13.9. The third-order valence-corrected chi connectivity index (χ3v) is 4.59. The fraction of sp³-hybridized carbons (Fsp3) is 0.150. The van der Waals surface area contributed by atoms with Crippen molar-refractivity contribution in [2.45, 2.75) is 19.1 Å². The molecule has 4 rings (SSSR count). The molecule has 4 aromatic heterocycles. The molecule has 0 aliphatic heterocycles. The molecule has 2 N–H and O–H groups in total. The second-order valence-corrected chi connectivity index (χ2v) is 6.86. The highest BCUT2D eigenvalue weighted by Gasteiger charge is 2.31. The molecule has 4 aromatic rings. The van der Waals surface area contributed by atoms with Gasteiger partial charge in [-0.25, -0.2) is 9.97 Å². The molecule has 0 fully saturated rings. The van der Waals surface area contributed by atoms with E-state index in [1.165, 1.54) is 12.3 Å². The van der Waals surface area contributed by atoms with Crippen LogP contribution in [0.1, 0.15) is 22.4 Å². The van der Waals surface area contributed by atoms with Crippen LogP contribution < -0.4 is 5.32 Å². The highest BCUT2D eigenvalue weighted by Crippen LogP contribution is 2.27. The summed E-state index contributed by atoms with van der Waals surface area (Å²) in [7, 11) is 0. The Morgan fingerprint density at radius 2 is 1.73 bits per heavy atom. The summed E-state index contributed by atoms with van der Waals surface area (Å²) >= 11 is 5.98. The Labute approximate surface area is 181 Å². The van der Waals surface area contributed by atoms with Crippen molar-refractivity contribution >= 4 is 40.9 Å². The normalized spacial score (nSPS) is 11.3. The van der Waals surface area contributed by atoms with E-state index in [9.17, 15) is 13.2 Å². The molecular formula is C20H16Cl2F3N5. The van der Waals surface area contributed by atoms with E-state index in [0.29, 0.717) is 29.5 Å². The van der Waals surface area contributed by atoms with Crippen molar-refractivity contribution in [1.82, 2.24) is 19.9 Å². The molecule has 0 aliphatic carbocycles. The molecule has 0 radical (unpaired) electrons. The number of alkyl halides is 3. The Hall–Kier alpha value is -2.84. The summed E-state index contributed by atoms with van der Waals surface area (Å²) in [6.45, 7) is 0.322. The van der Waals surface area contributed by atoms with Crippen molar-refractivity contribution in [3.05, 3.63) is 82.5 Å². The van der Waals surface area contributed by atoms with E-state index in [1.807, 2.05) is 24.4 Å². The standard InChI is InChI=1S/C20H15ClF3N5.ClH/c21-17-5-3-15-19(29-17)14(11-25-15)7-12-2-6-18(27-8-12)28-10-13-1-4-16(26-9-13)20(22,23)24;/h1-6,8-9,11,25H,7,10H2,(H,27,28);1H. The number of H-pyrrole nitrogens is 1. The van der Waals surface area contributed by atoms with Crippen LogP contribution in [0.5, 0.6) is 0 Å². The van der Waals surface area contributed by atoms with E-state index in [2.05, 4.69) is 25.3 Å². The summed E-state index contributed by atoms with van der Waals surface area (Å²) in [5.41, 5.74) is 3.48. The monoisotopic (exact) mass is 453 g/mol. The number of nitrogens with zero attached hydrogens (tertiary/aromatic N) is 3. The number of anilines is 1. The van der Waals surface area contributed by atoms with E-state index in [1.54, 1.807) is 12.3 Å². The maximum Gasteiger partial charge on any atom is 0.433 e. The van der Waals surface area contributed by atoms with Crippen LogP contribution >= 0.6 is 24.0 Å². The Morgan fingerprint density at radius 3 is 2.40 bits per heavy atom. The lowest BCUT2D eigenvalue weighted by Gasteiger charge is -2.08. The Bertz CT molecular complexity index is 1130. The van der Waals surface area contributed by atoms with Crippen LogP contribution in [0.15, 0.2) is 55.0 Å². The molecule has 30 heavy (non-hydrogen) atoms. The van der Waals surface area contributed by atoms with Gasteiger partial charge < -0.3 is 10.3 Å². The maximum absolute atomic E-state index is 12.5. The van der Waals surface area contributed by atoms with Crippen LogP contribution in [0.25, 0.3) is 11.0 Å². The number of nitrogens with one attached hydrogen (secondary N) is 2. The number of hydrogen-bond acceptors (Lipinski definition) is 4. The number of pyridine rings is 3. The van der Waals surface area contributed by atoms with E-state index < -0.39 is 11.9 Å². The number of rotatable bonds is 5.